The monoisotopic (exact) mass is 174 g/mol. The van der Waals surface area contributed by atoms with Gasteiger partial charge in [0.2, 0.25) is 0 Å². The van der Waals surface area contributed by atoms with Gasteiger partial charge in [0.15, 0.2) is 0 Å². The smallest absolute Gasteiger partial charge is 0.0303 e. The lowest BCUT2D eigenvalue weighted by Crippen LogP contribution is -2.21. The third-order valence-corrected chi connectivity index (χ3v) is 3.41. The highest BCUT2D eigenvalue weighted by Crippen LogP contribution is 2.39. The Morgan fingerprint density at radius 1 is 1.38 bits per heavy atom. The summed E-state index contributed by atoms with van der Waals surface area (Å²) in [4.78, 5) is 4.19. The van der Waals surface area contributed by atoms with Crippen molar-refractivity contribution in [2.24, 2.45) is 0 Å². The molecule has 0 radical (unpaired) electrons. The lowest BCUT2D eigenvalue weighted by atomic mass is 9.85. The third kappa shape index (κ3) is 1.17. The molecule has 1 aromatic rings. The van der Waals surface area contributed by atoms with Crippen molar-refractivity contribution >= 4 is 0 Å². The Hall–Kier alpha value is -0.890. The Kier molecular flexibility index (Phi) is 1.62. The Morgan fingerprint density at radius 2 is 2.38 bits per heavy atom. The first-order chi connectivity index (χ1) is 6.43. The summed E-state index contributed by atoms with van der Waals surface area (Å²) in [5, 5.41) is 3.65. The van der Waals surface area contributed by atoms with Crippen LogP contribution in [-0.4, -0.2) is 17.1 Å². The second kappa shape index (κ2) is 2.81. The summed E-state index contributed by atoms with van der Waals surface area (Å²) >= 11 is 0. The molecule has 0 saturated carbocycles. The van der Waals surface area contributed by atoms with Gasteiger partial charge in [-0.15, -0.1) is 0 Å². The Balaban J connectivity index is 1.87. The van der Waals surface area contributed by atoms with Crippen molar-refractivity contribution in [2.75, 3.05) is 0 Å². The Morgan fingerprint density at radius 3 is 3.00 bits per heavy atom. The van der Waals surface area contributed by atoms with Gasteiger partial charge in [0.25, 0.3) is 0 Å². The molecule has 2 aliphatic heterocycles. The molecule has 0 unspecified atom stereocenters. The minimum atomic E-state index is 0.729. The van der Waals surface area contributed by atoms with Gasteiger partial charge in [0.05, 0.1) is 0 Å². The summed E-state index contributed by atoms with van der Waals surface area (Å²) in [6.07, 6.45) is 7.92. The molecule has 0 aliphatic carbocycles. The van der Waals surface area contributed by atoms with Crippen LogP contribution in [-0.2, 0) is 0 Å². The van der Waals surface area contributed by atoms with E-state index in [-0.39, 0.29) is 0 Å². The van der Waals surface area contributed by atoms with Crippen LogP contribution in [0.4, 0.5) is 0 Å². The zero-order valence-electron chi connectivity index (χ0n) is 7.61. The van der Waals surface area contributed by atoms with Gasteiger partial charge in [0, 0.05) is 30.4 Å². The van der Waals surface area contributed by atoms with Crippen LogP contribution >= 0.6 is 0 Å². The van der Waals surface area contributed by atoms with Gasteiger partial charge in [-0.3, -0.25) is 4.98 Å². The number of aromatic nitrogens is 1. The fourth-order valence-electron chi connectivity index (χ4n) is 2.79. The van der Waals surface area contributed by atoms with Crippen molar-refractivity contribution in [3.63, 3.8) is 0 Å². The van der Waals surface area contributed by atoms with Crippen LogP contribution in [0.1, 0.15) is 30.7 Å². The quantitative estimate of drug-likeness (QED) is 0.700. The van der Waals surface area contributed by atoms with Crippen molar-refractivity contribution in [1.82, 2.24) is 10.3 Å². The summed E-state index contributed by atoms with van der Waals surface area (Å²) in [5.74, 6) is 0.729. The van der Waals surface area contributed by atoms with Gasteiger partial charge >= 0.3 is 0 Å². The molecular formula is C11H14N2. The molecule has 2 fully saturated rings. The summed E-state index contributed by atoms with van der Waals surface area (Å²) in [6, 6.07) is 5.77. The minimum absolute atomic E-state index is 0.729. The molecule has 3 heterocycles. The lowest BCUT2D eigenvalue weighted by Gasteiger charge is -2.19. The predicted molar refractivity (Wildman–Crippen MR) is 51.5 cm³/mol. The summed E-state index contributed by atoms with van der Waals surface area (Å²) < 4.78 is 0. The van der Waals surface area contributed by atoms with E-state index in [1.807, 2.05) is 18.5 Å². The number of rotatable bonds is 1. The molecular weight excluding hydrogens is 160 g/mol. The molecule has 13 heavy (non-hydrogen) atoms. The van der Waals surface area contributed by atoms with E-state index in [4.69, 9.17) is 0 Å². The van der Waals surface area contributed by atoms with E-state index < -0.39 is 0 Å². The molecule has 1 aromatic heterocycles. The maximum atomic E-state index is 4.19. The molecule has 0 spiro atoms. The van der Waals surface area contributed by atoms with Crippen molar-refractivity contribution in [2.45, 2.75) is 37.3 Å². The van der Waals surface area contributed by atoms with E-state index in [1.165, 1.54) is 24.8 Å². The summed E-state index contributed by atoms with van der Waals surface area (Å²) in [6.45, 7) is 0. The van der Waals surface area contributed by atoms with E-state index in [9.17, 15) is 0 Å². The van der Waals surface area contributed by atoms with Crippen molar-refractivity contribution < 1.29 is 0 Å². The van der Waals surface area contributed by atoms with Crippen molar-refractivity contribution in [3.8, 4) is 0 Å². The zero-order chi connectivity index (χ0) is 8.67. The van der Waals surface area contributed by atoms with E-state index in [0.29, 0.717) is 0 Å². The van der Waals surface area contributed by atoms with Crippen LogP contribution in [0.15, 0.2) is 24.5 Å². The molecule has 2 aliphatic rings. The Labute approximate surface area is 78.4 Å². The topological polar surface area (TPSA) is 24.9 Å². The largest absolute Gasteiger partial charge is 0.311 e. The van der Waals surface area contributed by atoms with Crippen LogP contribution in [0, 0.1) is 0 Å². The van der Waals surface area contributed by atoms with Gasteiger partial charge in [-0.25, -0.2) is 0 Å². The zero-order valence-corrected chi connectivity index (χ0v) is 7.61. The summed E-state index contributed by atoms with van der Waals surface area (Å²) in [7, 11) is 0. The first-order valence-corrected chi connectivity index (χ1v) is 5.09. The van der Waals surface area contributed by atoms with Gasteiger partial charge in [-0.1, -0.05) is 6.07 Å². The summed E-state index contributed by atoms with van der Waals surface area (Å²) in [5.41, 5.74) is 1.42. The molecule has 2 nitrogen and oxygen atoms in total. The molecule has 0 aromatic carbocycles. The first kappa shape index (κ1) is 7.51. The first-order valence-electron chi connectivity index (χ1n) is 5.09. The van der Waals surface area contributed by atoms with Gasteiger partial charge in [0.1, 0.15) is 0 Å². The predicted octanol–water partition coefficient (Wildman–Crippen LogP) is 1.69. The fraction of sp³-hybridized carbons (Fsp3) is 0.545. The van der Waals surface area contributed by atoms with E-state index in [2.05, 4.69) is 16.4 Å². The molecule has 3 atom stereocenters. The van der Waals surface area contributed by atoms with E-state index >= 15 is 0 Å². The molecule has 2 saturated heterocycles. The van der Waals surface area contributed by atoms with Crippen molar-refractivity contribution in [3.05, 3.63) is 30.1 Å². The number of hydrogen-bond donors (Lipinski definition) is 1. The van der Waals surface area contributed by atoms with Gasteiger partial charge in [-0.05, 0) is 30.9 Å². The normalized spacial score (nSPS) is 36.8. The highest BCUT2D eigenvalue weighted by Gasteiger charge is 2.39. The fourth-order valence-corrected chi connectivity index (χ4v) is 2.79. The number of pyridine rings is 1. The Bertz CT molecular complexity index is 296. The number of nitrogens with one attached hydrogen (secondary N) is 1. The SMILES string of the molecule is c1cncc([C@@H]2C[C@H]3CC[C@@H]2N3)c1. The maximum absolute atomic E-state index is 4.19. The van der Waals surface area contributed by atoms with Gasteiger partial charge in [-0.2, -0.15) is 0 Å². The second-order valence-electron chi connectivity index (χ2n) is 4.18. The average Bonchev–Trinajstić information content (AvgIpc) is 2.80. The number of fused-ring (bicyclic) bond motifs is 2. The number of hydrogen-bond acceptors (Lipinski definition) is 2. The standard InChI is InChI=1S/C11H14N2/c1-2-8(7-12-5-1)10-6-9-3-4-11(10)13-9/h1-2,5,7,9-11,13H,3-4,6H2/t9-,10+,11+/m1/s1. The molecule has 0 amide bonds. The second-order valence-corrected chi connectivity index (χ2v) is 4.18. The van der Waals surface area contributed by atoms with Crippen LogP contribution in [0.25, 0.3) is 0 Å². The average molecular weight is 174 g/mol. The molecule has 3 rings (SSSR count). The van der Waals surface area contributed by atoms with Crippen LogP contribution in [0.2, 0.25) is 0 Å². The molecule has 68 valence electrons. The van der Waals surface area contributed by atoms with Gasteiger partial charge < -0.3 is 5.32 Å². The number of nitrogens with zero attached hydrogens (tertiary/aromatic N) is 1. The third-order valence-electron chi connectivity index (χ3n) is 3.41. The molecule has 1 N–H and O–H groups in total. The van der Waals surface area contributed by atoms with Crippen LogP contribution < -0.4 is 5.32 Å². The van der Waals surface area contributed by atoms with Crippen LogP contribution in [0.5, 0.6) is 0 Å². The van der Waals surface area contributed by atoms with Crippen LogP contribution in [0.3, 0.4) is 0 Å². The highest BCUT2D eigenvalue weighted by molar-refractivity contribution is 5.21. The van der Waals surface area contributed by atoms with E-state index in [1.54, 1.807) is 0 Å². The van der Waals surface area contributed by atoms with E-state index in [0.717, 1.165) is 18.0 Å². The lowest BCUT2D eigenvalue weighted by molar-refractivity contribution is 0.505. The van der Waals surface area contributed by atoms with Crippen molar-refractivity contribution in [1.29, 1.82) is 0 Å². The minimum Gasteiger partial charge on any atom is -0.311 e. The molecule has 2 bridgehead atoms. The molecule has 2 heteroatoms. The maximum Gasteiger partial charge on any atom is 0.0303 e. The highest BCUT2D eigenvalue weighted by atomic mass is 15.0.